The number of hydrogen-bond donors (Lipinski definition) is 2. The van der Waals surface area contributed by atoms with Crippen LogP contribution < -0.4 is 15.0 Å². The van der Waals surface area contributed by atoms with Gasteiger partial charge in [0.05, 0.1) is 17.8 Å². The zero-order valence-electron chi connectivity index (χ0n) is 19.2. The third-order valence-corrected chi connectivity index (χ3v) is 8.03. The molecule has 0 amide bonds. The van der Waals surface area contributed by atoms with E-state index in [0.717, 1.165) is 81.5 Å². The second-order valence-corrected chi connectivity index (χ2v) is 10.3. The summed E-state index contributed by atoms with van der Waals surface area (Å²) >= 11 is 0. The van der Waals surface area contributed by atoms with Crippen molar-refractivity contribution in [1.29, 1.82) is 0 Å². The summed E-state index contributed by atoms with van der Waals surface area (Å²) in [4.78, 5) is 2.27. The minimum atomic E-state index is -0.384. The lowest BCUT2D eigenvalue weighted by Crippen LogP contribution is -2.46. The molecule has 1 unspecified atom stereocenters. The molecule has 6 heteroatoms. The van der Waals surface area contributed by atoms with E-state index in [1.54, 1.807) is 0 Å². The van der Waals surface area contributed by atoms with E-state index in [2.05, 4.69) is 46.2 Å². The third-order valence-electron chi connectivity index (χ3n) is 8.03. The number of piperidine rings is 1. The second kappa shape index (κ2) is 8.38. The first-order valence-electron chi connectivity index (χ1n) is 12.7. The third kappa shape index (κ3) is 3.71. The van der Waals surface area contributed by atoms with Gasteiger partial charge in [0.2, 0.25) is 0 Å². The fourth-order valence-electron chi connectivity index (χ4n) is 5.60. The molecule has 0 bridgehead atoms. The van der Waals surface area contributed by atoms with Crippen molar-refractivity contribution in [1.82, 2.24) is 15.1 Å². The molecule has 4 aliphatic rings. The number of ether oxygens (including phenoxy) is 1. The number of aromatic nitrogens is 2. The van der Waals surface area contributed by atoms with Crippen molar-refractivity contribution in [2.75, 3.05) is 18.0 Å². The highest BCUT2D eigenvalue weighted by molar-refractivity contribution is 5.76. The quantitative estimate of drug-likeness (QED) is 0.708. The van der Waals surface area contributed by atoms with Crippen LogP contribution in [-0.2, 0) is 6.42 Å². The van der Waals surface area contributed by atoms with Crippen LogP contribution >= 0.6 is 0 Å². The van der Waals surface area contributed by atoms with E-state index in [0.29, 0.717) is 24.1 Å². The lowest BCUT2D eigenvalue weighted by atomic mass is 9.91. The largest absolute Gasteiger partial charge is 0.489 e. The smallest absolute Gasteiger partial charge is 0.134 e. The van der Waals surface area contributed by atoms with Crippen LogP contribution in [0.3, 0.4) is 0 Å². The Hall–Kier alpha value is -2.05. The molecular weight excluding hydrogens is 400 g/mol. The van der Waals surface area contributed by atoms with Gasteiger partial charge in [-0.05, 0) is 96.0 Å². The molecule has 1 saturated heterocycles. The lowest BCUT2D eigenvalue weighted by Gasteiger charge is -2.42. The number of fused-ring (bicyclic) bond motifs is 1. The number of nitrogens with one attached hydrogen (secondary N) is 1. The maximum Gasteiger partial charge on any atom is 0.134 e. The lowest BCUT2D eigenvalue weighted by molar-refractivity contribution is 0.117. The van der Waals surface area contributed by atoms with Crippen LogP contribution in [-0.4, -0.2) is 46.4 Å². The first-order chi connectivity index (χ1) is 15.7. The Bertz CT molecular complexity index is 959. The summed E-state index contributed by atoms with van der Waals surface area (Å²) in [5.74, 6) is 1.43. The fourth-order valence-corrected chi connectivity index (χ4v) is 5.60. The van der Waals surface area contributed by atoms with Crippen molar-refractivity contribution in [3.05, 3.63) is 30.0 Å². The first kappa shape index (κ1) is 20.5. The molecule has 3 fully saturated rings. The van der Waals surface area contributed by atoms with E-state index < -0.39 is 0 Å². The molecule has 6 rings (SSSR count). The fraction of sp³-hybridized carbons (Fsp3) is 0.654. The second-order valence-electron chi connectivity index (χ2n) is 10.3. The molecule has 6 nitrogen and oxygen atoms in total. The monoisotopic (exact) mass is 436 g/mol. The van der Waals surface area contributed by atoms with Crippen molar-refractivity contribution in [3.63, 3.8) is 0 Å². The predicted molar refractivity (Wildman–Crippen MR) is 126 cm³/mol. The summed E-state index contributed by atoms with van der Waals surface area (Å²) in [5, 5.41) is 19.5. The van der Waals surface area contributed by atoms with Gasteiger partial charge < -0.3 is 20.1 Å². The summed E-state index contributed by atoms with van der Waals surface area (Å²) < 4.78 is 8.82. The molecule has 2 aliphatic heterocycles. The van der Waals surface area contributed by atoms with Gasteiger partial charge in [-0.25, -0.2) is 0 Å². The Kier molecular flexibility index (Phi) is 5.38. The summed E-state index contributed by atoms with van der Waals surface area (Å²) in [5.41, 5.74) is 4.55. The molecule has 1 aromatic carbocycles. The molecule has 2 aromatic rings. The van der Waals surface area contributed by atoms with E-state index in [1.807, 2.05) is 0 Å². The van der Waals surface area contributed by atoms with E-state index >= 15 is 0 Å². The Morgan fingerprint density at radius 1 is 1.06 bits per heavy atom. The Morgan fingerprint density at radius 3 is 2.59 bits per heavy atom. The molecule has 2 aliphatic carbocycles. The number of nitrogens with zero attached hydrogens (tertiary/aromatic N) is 3. The zero-order chi connectivity index (χ0) is 21.7. The SMILES string of the molecule is C[C@H]1CCc2c(ccc(-c3ccn(C4CCNCC4)n3)c2OC2CCC2)N1C(O)C1CC1. The number of benzene rings is 1. The van der Waals surface area contributed by atoms with E-state index in [1.165, 1.54) is 17.7 Å². The van der Waals surface area contributed by atoms with Gasteiger partial charge in [0.15, 0.2) is 0 Å². The topological polar surface area (TPSA) is 62.5 Å². The van der Waals surface area contributed by atoms with Crippen molar-refractivity contribution in [2.45, 2.75) is 89.1 Å². The van der Waals surface area contributed by atoms with Gasteiger partial charge >= 0.3 is 0 Å². The maximum atomic E-state index is 11.1. The summed E-state index contributed by atoms with van der Waals surface area (Å²) in [7, 11) is 0. The van der Waals surface area contributed by atoms with Gasteiger partial charge in [-0.1, -0.05) is 0 Å². The van der Waals surface area contributed by atoms with Crippen LogP contribution in [0.25, 0.3) is 11.3 Å². The number of rotatable bonds is 6. The molecule has 1 aromatic heterocycles. The molecule has 172 valence electrons. The molecule has 2 saturated carbocycles. The highest BCUT2D eigenvalue weighted by Gasteiger charge is 2.39. The minimum Gasteiger partial charge on any atom is -0.489 e. The number of anilines is 1. The molecule has 32 heavy (non-hydrogen) atoms. The highest BCUT2D eigenvalue weighted by atomic mass is 16.5. The molecule has 0 spiro atoms. The van der Waals surface area contributed by atoms with Gasteiger partial charge in [-0.3, -0.25) is 4.68 Å². The molecule has 2 N–H and O–H groups in total. The van der Waals surface area contributed by atoms with E-state index in [9.17, 15) is 5.11 Å². The highest BCUT2D eigenvalue weighted by Crippen LogP contribution is 2.47. The molecular formula is C26H36N4O2. The number of aliphatic hydroxyl groups excluding tert-OH is 1. The zero-order valence-corrected chi connectivity index (χ0v) is 19.2. The van der Waals surface area contributed by atoms with Gasteiger partial charge in [0.25, 0.3) is 0 Å². The molecule has 3 heterocycles. The Balaban J connectivity index is 1.38. The molecule has 0 radical (unpaired) electrons. The number of aliphatic hydroxyl groups is 1. The van der Waals surface area contributed by atoms with Crippen LogP contribution in [0.5, 0.6) is 5.75 Å². The van der Waals surface area contributed by atoms with Crippen LogP contribution in [0.15, 0.2) is 24.4 Å². The van der Waals surface area contributed by atoms with Gasteiger partial charge in [-0.15, -0.1) is 0 Å². The van der Waals surface area contributed by atoms with Crippen LogP contribution in [0.1, 0.15) is 69.9 Å². The van der Waals surface area contributed by atoms with Crippen molar-refractivity contribution < 1.29 is 9.84 Å². The Morgan fingerprint density at radius 2 is 1.88 bits per heavy atom. The van der Waals surface area contributed by atoms with E-state index in [4.69, 9.17) is 9.84 Å². The minimum absolute atomic E-state index is 0.313. The average Bonchev–Trinajstić information content (AvgIpc) is 3.53. The average molecular weight is 437 g/mol. The summed E-state index contributed by atoms with van der Waals surface area (Å²) in [6, 6.07) is 7.37. The Labute approximate surface area is 190 Å². The van der Waals surface area contributed by atoms with E-state index in [-0.39, 0.29) is 6.23 Å². The van der Waals surface area contributed by atoms with Crippen molar-refractivity contribution in [3.8, 4) is 17.0 Å². The van der Waals surface area contributed by atoms with Gasteiger partial charge in [0, 0.05) is 35.0 Å². The summed E-state index contributed by atoms with van der Waals surface area (Å²) in [6.45, 7) is 4.37. The van der Waals surface area contributed by atoms with Crippen LogP contribution in [0, 0.1) is 5.92 Å². The standard InChI is InChI=1S/C26H36N4O2/c1-17-5-8-22-24(30(17)26(31)18-6-7-18)10-9-21(25(22)32-20-3-2-4-20)23-13-16-29(28-23)19-11-14-27-15-12-19/h9-10,13,16-20,26-27,31H,2-8,11-12,14-15H2,1H3/t17-,26?/m0/s1. The van der Waals surface area contributed by atoms with Crippen LogP contribution in [0.2, 0.25) is 0 Å². The summed E-state index contributed by atoms with van der Waals surface area (Å²) in [6.07, 6.45) is 12.2. The number of hydrogen-bond acceptors (Lipinski definition) is 5. The maximum absolute atomic E-state index is 11.1. The predicted octanol–water partition coefficient (Wildman–Crippen LogP) is 4.28. The van der Waals surface area contributed by atoms with Gasteiger partial charge in [0.1, 0.15) is 12.0 Å². The van der Waals surface area contributed by atoms with Crippen molar-refractivity contribution >= 4 is 5.69 Å². The molecule has 2 atom stereocenters. The normalized spacial score (nSPS) is 25.3. The van der Waals surface area contributed by atoms with Crippen molar-refractivity contribution in [2.24, 2.45) is 5.92 Å². The van der Waals surface area contributed by atoms with Gasteiger partial charge in [-0.2, -0.15) is 5.10 Å². The van der Waals surface area contributed by atoms with Crippen LogP contribution in [0.4, 0.5) is 5.69 Å². The first-order valence-corrected chi connectivity index (χ1v) is 12.7.